The van der Waals surface area contributed by atoms with Crippen LogP contribution >= 0.6 is 0 Å². The standard InChI is InChI=1S/C17H22FNO6S/c1-17(2,3)25-16(21)19-10-11(9-13(19)15(20)24-4)26(22,23)14-8-6-5-7-12(14)18/h5-8,11,13H,9-10H2,1-4H3/t11-,13+/m1/s1. The van der Waals surface area contributed by atoms with Crippen molar-refractivity contribution in [3.05, 3.63) is 30.1 Å². The van der Waals surface area contributed by atoms with E-state index in [1.54, 1.807) is 20.8 Å². The Balaban J connectivity index is 2.34. The summed E-state index contributed by atoms with van der Waals surface area (Å²) < 4.78 is 49.5. The van der Waals surface area contributed by atoms with E-state index < -0.39 is 49.5 Å². The molecule has 1 amide bonds. The van der Waals surface area contributed by atoms with E-state index in [-0.39, 0.29) is 13.0 Å². The lowest BCUT2D eigenvalue weighted by molar-refractivity contribution is -0.145. The number of esters is 1. The molecule has 0 aromatic heterocycles. The molecule has 0 saturated carbocycles. The molecule has 26 heavy (non-hydrogen) atoms. The fraction of sp³-hybridized carbons (Fsp3) is 0.529. The smallest absolute Gasteiger partial charge is 0.411 e. The van der Waals surface area contributed by atoms with Crippen molar-refractivity contribution in [2.24, 2.45) is 0 Å². The highest BCUT2D eigenvalue weighted by Gasteiger charge is 2.47. The number of carbonyl (C=O) groups excluding carboxylic acids is 2. The molecule has 144 valence electrons. The van der Waals surface area contributed by atoms with Gasteiger partial charge in [-0.1, -0.05) is 12.1 Å². The highest BCUT2D eigenvalue weighted by atomic mass is 32.2. The third-order valence-electron chi connectivity index (χ3n) is 3.95. The van der Waals surface area contributed by atoms with Crippen molar-refractivity contribution in [2.75, 3.05) is 13.7 Å². The van der Waals surface area contributed by atoms with E-state index in [4.69, 9.17) is 4.74 Å². The van der Waals surface area contributed by atoms with Crippen LogP contribution in [0.2, 0.25) is 0 Å². The van der Waals surface area contributed by atoms with Gasteiger partial charge in [-0.3, -0.25) is 4.90 Å². The van der Waals surface area contributed by atoms with Crippen LogP contribution in [0, 0.1) is 5.82 Å². The molecule has 0 spiro atoms. The number of ether oxygens (including phenoxy) is 2. The van der Waals surface area contributed by atoms with Crippen LogP contribution in [0.4, 0.5) is 9.18 Å². The topological polar surface area (TPSA) is 90.0 Å². The number of sulfone groups is 1. The summed E-state index contributed by atoms with van der Waals surface area (Å²) in [6.07, 6.45) is -1.01. The summed E-state index contributed by atoms with van der Waals surface area (Å²) in [6, 6.07) is 3.89. The molecule has 0 radical (unpaired) electrons. The maximum Gasteiger partial charge on any atom is 0.411 e. The third kappa shape index (κ3) is 4.14. The number of rotatable bonds is 3. The first-order valence-electron chi connectivity index (χ1n) is 8.03. The maximum absolute atomic E-state index is 14.0. The van der Waals surface area contributed by atoms with E-state index in [0.717, 1.165) is 24.1 Å². The first-order valence-corrected chi connectivity index (χ1v) is 9.58. The Morgan fingerprint density at radius 3 is 2.38 bits per heavy atom. The predicted octanol–water partition coefficient (Wildman–Crippen LogP) is 2.15. The van der Waals surface area contributed by atoms with Gasteiger partial charge in [0.1, 0.15) is 22.4 Å². The number of hydrogen-bond donors (Lipinski definition) is 0. The average Bonchev–Trinajstić information content (AvgIpc) is 2.99. The molecule has 1 aromatic carbocycles. The summed E-state index contributed by atoms with van der Waals surface area (Å²) in [6.45, 7) is 4.68. The number of halogens is 1. The van der Waals surface area contributed by atoms with Crippen LogP contribution in [0.3, 0.4) is 0 Å². The molecule has 0 bridgehead atoms. The molecule has 1 heterocycles. The maximum atomic E-state index is 14.0. The fourth-order valence-corrected chi connectivity index (χ4v) is 4.52. The molecular weight excluding hydrogens is 365 g/mol. The molecule has 0 unspecified atom stereocenters. The number of nitrogens with zero attached hydrogens (tertiary/aromatic N) is 1. The van der Waals surface area contributed by atoms with Gasteiger partial charge in [-0.05, 0) is 39.3 Å². The zero-order valence-electron chi connectivity index (χ0n) is 15.1. The number of likely N-dealkylation sites (tertiary alicyclic amines) is 1. The Labute approximate surface area is 152 Å². The Bertz CT molecular complexity index is 802. The lowest BCUT2D eigenvalue weighted by Gasteiger charge is -2.27. The third-order valence-corrected chi connectivity index (χ3v) is 6.11. The van der Waals surface area contributed by atoms with E-state index in [0.29, 0.717) is 0 Å². The normalized spacial score (nSPS) is 20.7. The van der Waals surface area contributed by atoms with E-state index in [1.165, 1.54) is 12.1 Å². The van der Waals surface area contributed by atoms with E-state index >= 15 is 0 Å². The minimum atomic E-state index is -4.09. The van der Waals surface area contributed by atoms with Crippen molar-refractivity contribution in [1.29, 1.82) is 0 Å². The molecule has 9 heteroatoms. The minimum Gasteiger partial charge on any atom is -0.467 e. The predicted molar refractivity (Wildman–Crippen MR) is 90.7 cm³/mol. The summed E-state index contributed by atoms with van der Waals surface area (Å²) in [5.41, 5.74) is -0.819. The minimum absolute atomic E-state index is 0.192. The average molecular weight is 387 g/mol. The zero-order valence-corrected chi connectivity index (χ0v) is 15.9. The largest absolute Gasteiger partial charge is 0.467 e. The molecule has 7 nitrogen and oxygen atoms in total. The zero-order chi connectivity index (χ0) is 19.7. The van der Waals surface area contributed by atoms with Crippen LogP contribution in [0.5, 0.6) is 0 Å². The molecule has 0 aliphatic carbocycles. The van der Waals surface area contributed by atoms with Gasteiger partial charge in [-0.2, -0.15) is 0 Å². The second-order valence-electron chi connectivity index (χ2n) is 7.00. The number of benzene rings is 1. The van der Waals surface area contributed by atoms with Crippen LogP contribution < -0.4 is 0 Å². The molecule has 1 aliphatic rings. The Morgan fingerprint density at radius 1 is 1.23 bits per heavy atom. The van der Waals surface area contributed by atoms with Crippen LogP contribution in [0.1, 0.15) is 27.2 Å². The SMILES string of the molecule is COC(=O)[C@@H]1C[C@@H](S(=O)(=O)c2ccccc2F)CN1C(=O)OC(C)(C)C. The van der Waals surface area contributed by atoms with Gasteiger partial charge in [0.25, 0.3) is 0 Å². The van der Waals surface area contributed by atoms with Crippen molar-refractivity contribution in [1.82, 2.24) is 4.90 Å². The van der Waals surface area contributed by atoms with E-state index in [2.05, 4.69) is 4.74 Å². The lowest BCUT2D eigenvalue weighted by atomic mass is 10.2. The van der Waals surface area contributed by atoms with Gasteiger partial charge in [0.15, 0.2) is 9.84 Å². The Hall–Kier alpha value is -2.16. The monoisotopic (exact) mass is 387 g/mol. The van der Waals surface area contributed by atoms with Gasteiger partial charge >= 0.3 is 12.1 Å². The number of methoxy groups -OCH3 is 1. The van der Waals surface area contributed by atoms with Gasteiger partial charge in [0.05, 0.1) is 12.4 Å². The summed E-state index contributed by atoms with van der Waals surface area (Å²) >= 11 is 0. The highest BCUT2D eigenvalue weighted by Crippen LogP contribution is 2.31. The molecule has 1 aromatic rings. The van der Waals surface area contributed by atoms with Gasteiger partial charge in [-0.15, -0.1) is 0 Å². The summed E-state index contributed by atoms with van der Waals surface area (Å²) in [5.74, 6) is -1.63. The van der Waals surface area contributed by atoms with Crippen molar-refractivity contribution < 1.29 is 31.9 Å². The van der Waals surface area contributed by atoms with Crippen LogP contribution in [0.15, 0.2) is 29.2 Å². The summed E-state index contributed by atoms with van der Waals surface area (Å²) in [7, 11) is -2.94. The number of amides is 1. The molecule has 2 atom stereocenters. The van der Waals surface area contributed by atoms with Crippen molar-refractivity contribution in [3.8, 4) is 0 Å². The molecule has 2 rings (SSSR count). The van der Waals surface area contributed by atoms with E-state index in [1.807, 2.05) is 0 Å². The summed E-state index contributed by atoms with van der Waals surface area (Å²) in [4.78, 5) is 25.0. The van der Waals surface area contributed by atoms with Crippen molar-refractivity contribution in [2.45, 2.75) is 49.0 Å². The lowest BCUT2D eigenvalue weighted by Crippen LogP contribution is -2.44. The fourth-order valence-electron chi connectivity index (χ4n) is 2.76. The van der Waals surface area contributed by atoms with Crippen molar-refractivity contribution in [3.63, 3.8) is 0 Å². The second kappa shape index (κ2) is 7.22. The van der Waals surface area contributed by atoms with Crippen LogP contribution in [0.25, 0.3) is 0 Å². The van der Waals surface area contributed by atoms with Crippen molar-refractivity contribution >= 4 is 21.9 Å². The number of hydrogen-bond acceptors (Lipinski definition) is 6. The molecule has 1 aliphatic heterocycles. The van der Waals surface area contributed by atoms with Gasteiger partial charge in [0.2, 0.25) is 0 Å². The number of carbonyl (C=O) groups is 2. The van der Waals surface area contributed by atoms with E-state index in [9.17, 15) is 22.4 Å². The highest BCUT2D eigenvalue weighted by molar-refractivity contribution is 7.92. The van der Waals surface area contributed by atoms with Crippen LogP contribution in [-0.4, -0.2) is 55.9 Å². The first-order chi connectivity index (χ1) is 12.0. The molecule has 0 N–H and O–H groups in total. The quantitative estimate of drug-likeness (QED) is 0.738. The molecular formula is C17H22FNO6S. The van der Waals surface area contributed by atoms with Crippen LogP contribution in [-0.2, 0) is 24.1 Å². The van der Waals surface area contributed by atoms with Gasteiger partial charge in [-0.25, -0.2) is 22.4 Å². The van der Waals surface area contributed by atoms with Gasteiger partial charge < -0.3 is 9.47 Å². The van der Waals surface area contributed by atoms with Gasteiger partial charge in [0, 0.05) is 6.54 Å². The Morgan fingerprint density at radius 2 is 1.85 bits per heavy atom. The molecule has 1 fully saturated rings. The first kappa shape index (κ1) is 20.2. The Kier molecular flexibility index (Phi) is 5.60. The second-order valence-corrected chi connectivity index (χ2v) is 9.20. The summed E-state index contributed by atoms with van der Waals surface area (Å²) in [5, 5.41) is -1.14. The molecule has 1 saturated heterocycles.